The first-order valence-electron chi connectivity index (χ1n) is 6.83. The minimum Gasteiger partial charge on any atom is -0.279 e. The molecular formula is C16H11ClN2O4S. The van der Waals surface area contributed by atoms with Gasteiger partial charge < -0.3 is 0 Å². The lowest BCUT2D eigenvalue weighted by Gasteiger charge is -2.11. The van der Waals surface area contributed by atoms with Crippen LogP contribution in [0.2, 0.25) is 5.02 Å². The molecular weight excluding hydrogens is 352 g/mol. The van der Waals surface area contributed by atoms with Gasteiger partial charge in [-0.2, -0.15) is 0 Å². The molecule has 0 saturated heterocycles. The molecule has 0 fully saturated rings. The number of anilines is 1. The summed E-state index contributed by atoms with van der Waals surface area (Å²) in [5.74, 6) is 0. The summed E-state index contributed by atoms with van der Waals surface area (Å²) in [4.78, 5) is 9.99. The average molecular weight is 363 g/mol. The fourth-order valence-corrected chi connectivity index (χ4v) is 3.60. The van der Waals surface area contributed by atoms with Crippen LogP contribution >= 0.6 is 11.6 Å². The molecule has 122 valence electrons. The molecule has 0 radical (unpaired) electrons. The van der Waals surface area contributed by atoms with Gasteiger partial charge in [-0.3, -0.25) is 14.8 Å². The highest BCUT2D eigenvalue weighted by Gasteiger charge is 2.21. The number of hydrogen-bond acceptors (Lipinski definition) is 4. The van der Waals surface area contributed by atoms with Crippen LogP contribution in [0.4, 0.5) is 11.4 Å². The van der Waals surface area contributed by atoms with E-state index in [1.54, 1.807) is 24.3 Å². The first-order chi connectivity index (χ1) is 11.4. The Morgan fingerprint density at radius 3 is 2.46 bits per heavy atom. The maximum absolute atomic E-state index is 12.6. The van der Waals surface area contributed by atoms with Crippen LogP contribution in [-0.4, -0.2) is 13.3 Å². The Bertz CT molecular complexity index is 1050. The number of nitrogens with one attached hydrogen (secondary N) is 1. The van der Waals surface area contributed by atoms with Crippen LogP contribution in [0.15, 0.2) is 65.6 Å². The number of fused-ring (bicyclic) bond motifs is 1. The van der Waals surface area contributed by atoms with Gasteiger partial charge in [0.15, 0.2) is 0 Å². The summed E-state index contributed by atoms with van der Waals surface area (Å²) in [5, 5.41) is 12.4. The average Bonchev–Trinajstić information content (AvgIpc) is 2.55. The van der Waals surface area contributed by atoms with E-state index in [9.17, 15) is 18.5 Å². The highest BCUT2D eigenvalue weighted by Crippen LogP contribution is 2.29. The zero-order valence-electron chi connectivity index (χ0n) is 12.1. The number of halogens is 1. The van der Waals surface area contributed by atoms with E-state index in [1.165, 1.54) is 12.1 Å². The number of benzene rings is 3. The Labute approximate surface area is 142 Å². The first kappa shape index (κ1) is 16.2. The van der Waals surface area contributed by atoms with Crippen LogP contribution in [0, 0.1) is 10.1 Å². The molecule has 0 amide bonds. The van der Waals surface area contributed by atoms with E-state index in [0.29, 0.717) is 5.69 Å². The van der Waals surface area contributed by atoms with Gasteiger partial charge in [0.25, 0.3) is 15.7 Å². The van der Waals surface area contributed by atoms with E-state index in [2.05, 4.69) is 4.72 Å². The lowest BCUT2D eigenvalue weighted by atomic mass is 10.1. The topological polar surface area (TPSA) is 89.3 Å². The standard InChI is InChI=1S/C16H11ClN2O4S/c17-14-9-8-12(10-16(14)19(20)21)24(22,23)18-15-7-3-5-11-4-1-2-6-13(11)15/h1-10,18H. The number of sulfonamides is 1. The lowest BCUT2D eigenvalue weighted by Crippen LogP contribution is -2.13. The lowest BCUT2D eigenvalue weighted by molar-refractivity contribution is -0.384. The Balaban J connectivity index is 2.05. The van der Waals surface area contributed by atoms with Gasteiger partial charge in [-0.25, -0.2) is 8.42 Å². The summed E-state index contributed by atoms with van der Waals surface area (Å²) in [5.41, 5.74) is -0.0665. The summed E-state index contributed by atoms with van der Waals surface area (Å²) in [7, 11) is -3.99. The monoisotopic (exact) mass is 362 g/mol. The van der Waals surface area contributed by atoms with Crippen LogP contribution in [0.5, 0.6) is 0 Å². The van der Waals surface area contributed by atoms with Crippen molar-refractivity contribution in [2.45, 2.75) is 4.90 Å². The molecule has 0 spiro atoms. The summed E-state index contributed by atoms with van der Waals surface area (Å²) in [6, 6.07) is 15.9. The predicted molar refractivity (Wildman–Crippen MR) is 92.9 cm³/mol. The third kappa shape index (κ3) is 3.04. The summed E-state index contributed by atoms with van der Waals surface area (Å²) < 4.78 is 27.6. The highest BCUT2D eigenvalue weighted by molar-refractivity contribution is 7.92. The molecule has 0 aromatic heterocycles. The third-order valence-corrected chi connectivity index (χ3v) is 5.14. The van der Waals surface area contributed by atoms with Crippen LogP contribution < -0.4 is 4.72 Å². The second-order valence-electron chi connectivity index (χ2n) is 5.00. The molecule has 24 heavy (non-hydrogen) atoms. The van der Waals surface area contributed by atoms with Crippen molar-refractivity contribution < 1.29 is 13.3 Å². The second-order valence-corrected chi connectivity index (χ2v) is 7.09. The van der Waals surface area contributed by atoms with Gasteiger partial charge >= 0.3 is 0 Å². The quantitative estimate of drug-likeness (QED) is 0.556. The van der Waals surface area contributed by atoms with Crippen LogP contribution in [-0.2, 0) is 10.0 Å². The second kappa shape index (κ2) is 6.10. The molecule has 0 aliphatic rings. The van der Waals surface area contributed by atoms with Gasteiger partial charge in [0.05, 0.1) is 15.5 Å². The van der Waals surface area contributed by atoms with E-state index in [1.807, 2.05) is 18.2 Å². The first-order valence-corrected chi connectivity index (χ1v) is 8.69. The van der Waals surface area contributed by atoms with E-state index in [-0.39, 0.29) is 9.92 Å². The van der Waals surface area contributed by atoms with Gasteiger partial charge in [0, 0.05) is 11.5 Å². The van der Waals surface area contributed by atoms with Crippen molar-refractivity contribution in [1.82, 2.24) is 0 Å². The minimum atomic E-state index is -3.99. The molecule has 0 bridgehead atoms. The highest BCUT2D eigenvalue weighted by atomic mass is 35.5. The molecule has 0 saturated carbocycles. The van der Waals surface area contributed by atoms with Crippen molar-refractivity contribution in [3.05, 3.63) is 75.8 Å². The molecule has 3 rings (SSSR count). The normalized spacial score (nSPS) is 11.4. The molecule has 1 N–H and O–H groups in total. The van der Waals surface area contributed by atoms with Gasteiger partial charge in [0.1, 0.15) is 5.02 Å². The van der Waals surface area contributed by atoms with Gasteiger partial charge in [-0.1, -0.05) is 48.0 Å². The molecule has 3 aromatic carbocycles. The maximum Gasteiger partial charge on any atom is 0.289 e. The number of nitro benzene ring substituents is 1. The molecule has 3 aromatic rings. The molecule has 0 heterocycles. The maximum atomic E-state index is 12.6. The summed E-state index contributed by atoms with van der Waals surface area (Å²) in [6.45, 7) is 0. The van der Waals surface area contributed by atoms with E-state index < -0.39 is 20.6 Å². The zero-order valence-corrected chi connectivity index (χ0v) is 13.7. The van der Waals surface area contributed by atoms with Crippen molar-refractivity contribution >= 4 is 43.8 Å². The SMILES string of the molecule is O=[N+]([O-])c1cc(S(=O)(=O)Nc2cccc3ccccc23)ccc1Cl. The molecule has 0 aliphatic heterocycles. The van der Waals surface area contributed by atoms with Crippen LogP contribution in [0.1, 0.15) is 0 Å². The zero-order chi connectivity index (χ0) is 17.3. The number of nitrogens with zero attached hydrogens (tertiary/aromatic N) is 1. The third-order valence-electron chi connectivity index (χ3n) is 3.46. The Hall–Kier alpha value is -2.64. The van der Waals surface area contributed by atoms with Crippen molar-refractivity contribution in [2.24, 2.45) is 0 Å². The summed E-state index contributed by atoms with van der Waals surface area (Å²) >= 11 is 5.72. The minimum absolute atomic E-state index is 0.121. The Morgan fingerprint density at radius 2 is 1.71 bits per heavy atom. The number of hydrogen-bond donors (Lipinski definition) is 1. The molecule has 0 atom stereocenters. The molecule has 6 nitrogen and oxygen atoms in total. The molecule has 8 heteroatoms. The fourth-order valence-electron chi connectivity index (χ4n) is 2.32. The van der Waals surface area contributed by atoms with Gasteiger partial charge in [-0.15, -0.1) is 0 Å². The van der Waals surface area contributed by atoms with Crippen LogP contribution in [0.25, 0.3) is 10.8 Å². The van der Waals surface area contributed by atoms with Crippen LogP contribution in [0.3, 0.4) is 0 Å². The Morgan fingerprint density at radius 1 is 1.00 bits per heavy atom. The number of nitro groups is 1. The van der Waals surface area contributed by atoms with Gasteiger partial charge in [0.2, 0.25) is 0 Å². The van der Waals surface area contributed by atoms with Crippen molar-refractivity contribution in [1.29, 1.82) is 0 Å². The number of rotatable bonds is 4. The summed E-state index contributed by atoms with van der Waals surface area (Å²) in [6.07, 6.45) is 0. The fraction of sp³-hybridized carbons (Fsp3) is 0. The molecule has 0 aliphatic carbocycles. The predicted octanol–water partition coefficient (Wildman–Crippen LogP) is 4.20. The van der Waals surface area contributed by atoms with E-state index in [4.69, 9.17) is 11.6 Å². The van der Waals surface area contributed by atoms with Crippen molar-refractivity contribution in [2.75, 3.05) is 4.72 Å². The Kier molecular flexibility index (Phi) is 4.13. The smallest absolute Gasteiger partial charge is 0.279 e. The largest absolute Gasteiger partial charge is 0.289 e. The van der Waals surface area contributed by atoms with E-state index >= 15 is 0 Å². The van der Waals surface area contributed by atoms with Crippen molar-refractivity contribution in [3.8, 4) is 0 Å². The van der Waals surface area contributed by atoms with E-state index in [0.717, 1.165) is 16.8 Å². The van der Waals surface area contributed by atoms with Gasteiger partial charge in [-0.05, 0) is 23.6 Å². The van der Waals surface area contributed by atoms with Crippen molar-refractivity contribution in [3.63, 3.8) is 0 Å². The molecule has 0 unspecified atom stereocenters.